The van der Waals surface area contributed by atoms with Gasteiger partial charge in [0.25, 0.3) is 5.56 Å². The van der Waals surface area contributed by atoms with E-state index in [1.54, 1.807) is 13.2 Å². The van der Waals surface area contributed by atoms with Crippen molar-refractivity contribution in [2.45, 2.75) is 6.92 Å². The molecule has 90 valence electrons. The Morgan fingerprint density at radius 1 is 1.62 bits per heavy atom. The van der Waals surface area contributed by atoms with E-state index in [0.29, 0.717) is 4.47 Å². The molecule has 1 aromatic heterocycles. The molecule has 0 aliphatic rings. The number of aromatic nitrogens is 2. The topological polar surface area (TPSA) is 50.2 Å². The lowest BCUT2D eigenvalue weighted by molar-refractivity contribution is 0.367. The van der Waals surface area contributed by atoms with Crippen molar-refractivity contribution in [2.75, 3.05) is 32.0 Å². The van der Waals surface area contributed by atoms with E-state index in [-0.39, 0.29) is 5.56 Å². The van der Waals surface area contributed by atoms with E-state index in [9.17, 15) is 4.79 Å². The first-order chi connectivity index (χ1) is 7.56. The maximum absolute atomic E-state index is 11.5. The molecule has 0 saturated carbocycles. The van der Waals surface area contributed by atoms with Crippen LogP contribution in [0.25, 0.3) is 0 Å². The Hall–Kier alpha value is -0.880. The average molecular weight is 289 g/mol. The molecule has 0 amide bonds. The van der Waals surface area contributed by atoms with Crippen LogP contribution in [0.15, 0.2) is 15.5 Å². The normalized spacial score (nSPS) is 10.8. The van der Waals surface area contributed by atoms with Gasteiger partial charge in [-0.2, -0.15) is 5.10 Å². The Kier molecular flexibility index (Phi) is 4.95. The number of anilines is 1. The summed E-state index contributed by atoms with van der Waals surface area (Å²) in [5.41, 5.74) is 0.612. The third kappa shape index (κ3) is 3.31. The average Bonchev–Trinajstić information content (AvgIpc) is 2.29. The Morgan fingerprint density at radius 3 is 2.94 bits per heavy atom. The van der Waals surface area contributed by atoms with E-state index in [1.807, 2.05) is 0 Å². The van der Waals surface area contributed by atoms with Crippen molar-refractivity contribution in [3.05, 3.63) is 21.0 Å². The van der Waals surface area contributed by atoms with Gasteiger partial charge in [-0.25, -0.2) is 4.68 Å². The number of aryl methyl sites for hydroxylation is 1. The zero-order valence-corrected chi connectivity index (χ0v) is 11.4. The molecule has 0 radical (unpaired) electrons. The summed E-state index contributed by atoms with van der Waals surface area (Å²) in [5.74, 6) is 0. The molecule has 1 N–H and O–H groups in total. The largest absolute Gasteiger partial charge is 0.381 e. The second-order valence-electron chi connectivity index (χ2n) is 3.62. The highest BCUT2D eigenvalue weighted by Crippen LogP contribution is 2.15. The molecule has 0 aliphatic carbocycles. The Labute approximate surface area is 104 Å². The molecule has 0 fully saturated rings. The second kappa shape index (κ2) is 6.00. The third-order valence-electron chi connectivity index (χ3n) is 2.43. The van der Waals surface area contributed by atoms with Gasteiger partial charge in [0.15, 0.2) is 0 Å². The first-order valence-electron chi connectivity index (χ1n) is 5.20. The molecular formula is C10H17BrN4O. The lowest BCUT2D eigenvalue weighted by atomic mass is 10.4. The molecule has 1 heterocycles. The van der Waals surface area contributed by atoms with E-state index < -0.39 is 0 Å². The summed E-state index contributed by atoms with van der Waals surface area (Å²) in [7, 11) is 3.68. The Morgan fingerprint density at radius 2 is 2.31 bits per heavy atom. The van der Waals surface area contributed by atoms with Gasteiger partial charge in [0.1, 0.15) is 4.47 Å². The number of halogens is 1. The van der Waals surface area contributed by atoms with Gasteiger partial charge in [0.05, 0.1) is 11.9 Å². The van der Waals surface area contributed by atoms with Gasteiger partial charge in [-0.05, 0) is 29.5 Å². The van der Waals surface area contributed by atoms with Crippen molar-refractivity contribution in [1.82, 2.24) is 14.7 Å². The van der Waals surface area contributed by atoms with Gasteiger partial charge in [-0.3, -0.25) is 4.79 Å². The summed E-state index contributed by atoms with van der Waals surface area (Å²) >= 11 is 3.27. The highest BCUT2D eigenvalue weighted by atomic mass is 79.9. The fraction of sp³-hybridized carbons (Fsp3) is 0.600. The maximum atomic E-state index is 11.5. The minimum absolute atomic E-state index is 0.131. The van der Waals surface area contributed by atoms with E-state index in [4.69, 9.17) is 0 Å². The predicted octanol–water partition coefficient (Wildman–Crippen LogP) is 0.906. The molecule has 5 nitrogen and oxygen atoms in total. The summed E-state index contributed by atoms with van der Waals surface area (Å²) in [6.45, 7) is 4.84. The quantitative estimate of drug-likeness (QED) is 0.875. The fourth-order valence-electron chi connectivity index (χ4n) is 1.17. The molecule has 1 rings (SSSR count). The van der Waals surface area contributed by atoms with Gasteiger partial charge in [-0.15, -0.1) is 0 Å². The first kappa shape index (κ1) is 13.2. The lowest BCUT2D eigenvalue weighted by Gasteiger charge is -2.15. The lowest BCUT2D eigenvalue weighted by Crippen LogP contribution is -2.26. The van der Waals surface area contributed by atoms with Crippen LogP contribution in [-0.4, -0.2) is 41.4 Å². The molecule has 0 spiro atoms. The van der Waals surface area contributed by atoms with Crippen LogP contribution in [0.2, 0.25) is 0 Å². The van der Waals surface area contributed by atoms with Gasteiger partial charge in [0.2, 0.25) is 0 Å². The van der Waals surface area contributed by atoms with Crippen molar-refractivity contribution in [1.29, 1.82) is 0 Å². The molecule has 16 heavy (non-hydrogen) atoms. The molecule has 1 aromatic rings. The molecule has 0 unspecified atom stereocenters. The molecule has 6 heteroatoms. The van der Waals surface area contributed by atoms with Crippen LogP contribution in [0.4, 0.5) is 5.69 Å². The minimum atomic E-state index is -0.131. The van der Waals surface area contributed by atoms with E-state index in [2.05, 4.69) is 45.2 Å². The van der Waals surface area contributed by atoms with Crippen molar-refractivity contribution < 1.29 is 0 Å². The highest BCUT2D eigenvalue weighted by molar-refractivity contribution is 9.10. The van der Waals surface area contributed by atoms with Crippen LogP contribution in [-0.2, 0) is 7.05 Å². The number of nitrogens with zero attached hydrogens (tertiary/aromatic N) is 3. The number of hydrogen-bond donors (Lipinski definition) is 1. The van der Waals surface area contributed by atoms with Gasteiger partial charge in [-0.1, -0.05) is 6.92 Å². The van der Waals surface area contributed by atoms with E-state index in [0.717, 1.165) is 25.3 Å². The summed E-state index contributed by atoms with van der Waals surface area (Å²) in [5, 5.41) is 7.14. The summed E-state index contributed by atoms with van der Waals surface area (Å²) in [4.78, 5) is 13.7. The predicted molar refractivity (Wildman–Crippen MR) is 68.8 cm³/mol. The smallest absolute Gasteiger partial charge is 0.282 e. The van der Waals surface area contributed by atoms with E-state index >= 15 is 0 Å². The van der Waals surface area contributed by atoms with Crippen LogP contribution in [0.1, 0.15) is 6.92 Å². The number of likely N-dealkylation sites (N-methyl/N-ethyl adjacent to an activating group) is 1. The SMILES string of the molecule is CCN(C)CCNc1cnn(C)c(=O)c1Br. The van der Waals surface area contributed by atoms with Crippen molar-refractivity contribution >= 4 is 21.6 Å². The van der Waals surface area contributed by atoms with Crippen molar-refractivity contribution in [3.63, 3.8) is 0 Å². The number of nitrogens with one attached hydrogen (secondary N) is 1. The van der Waals surface area contributed by atoms with E-state index in [1.165, 1.54) is 4.68 Å². The number of rotatable bonds is 5. The molecular weight excluding hydrogens is 272 g/mol. The Bertz CT molecular complexity index is 404. The van der Waals surface area contributed by atoms with Gasteiger partial charge >= 0.3 is 0 Å². The zero-order valence-electron chi connectivity index (χ0n) is 9.83. The second-order valence-corrected chi connectivity index (χ2v) is 4.42. The van der Waals surface area contributed by atoms with Crippen molar-refractivity contribution in [2.24, 2.45) is 7.05 Å². The van der Waals surface area contributed by atoms with Crippen LogP contribution in [0, 0.1) is 0 Å². The molecule has 0 bridgehead atoms. The third-order valence-corrected chi connectivity index (χ3v) is 3.19. The molecule has 0 aliphatic heterocycles. The summed E-state index contributed by atoms with van der Waals surface area (Å²) in [6, 6.07) is 0. The summed E-state index contributed by atoms with van der Waals surface area (Å²) < 4.78 is 1.83. The van der Waals surface area contributed by atoms with Crippen LogP contribution in [0.3, 0.4) is 0 Å². The fourth-order valence-corrected chi connectivity index (χ4v) is 1.67. The molecule has 0 aromatic carbocycles. The monoisotopic (exact) mass is 288 g/mol. The minimum Gasteiger partial charge on any atom is -0.381 e. The standard InChI is InChI=1S/C10H17BrN4O/c1-4-14(2)6-5-12-8-7-13-15(3)10(16)9(8)11/h7,12H,4-6H2,1-3H3. The maximum Gasteiger partial charge on any atom is 0.282 e. The highest BCUT2D eigenvalue weighted by Gasteiger charge is 2.05. The van der Waals surface area contributed by atoms with Gasteiger partial charge in [0, 0.05) is 20.1 Å². The van der Waals surface area contributed by atoms with Gasteiger partial charge < -0.3 is 10.2 Å². The summed E-state index contributed by atoms with van der Waals surface area (Å²) in [6.07, 6.45) is 1.65. The Balaban J connectivity index is 2.62. The van der Waals surface area contributed by atoms with Crippen LogP contribution < -0.4 is 10.9 Å². The van der Waals surface area contributed by atoms with Crippen LogP contribution in [0.5, 0.6) is 0 Å². The molecule has 0 saturated heterocycles. The molecule has 0 atom stereocenters. The zero-order chi connectivity index (χ0) is 12.1. The van der Waals surface area contributed by atoms with Crippen LogP contribution >= 0.6 is 15.9 Å². The first-order valence-corrected chi connectivity index (χ1v) is 5.99. The number of hydrogen-bond acceptors (Lipinski definition) is 4. The van der Waals surface area contributed by atoms with Crippen molar-refractivity contribution in [3.8, 4) is 0 Å².